The molecule has 0 atom stereocenters. The fourth-order valence-corrected chi connectivity index (χ4v) is 6.23. The molecule has 42 heavy (non-hydrogen) atoms. The molecule has 218 valence electrons. The topological polar surface area (TPSA) is 175 Å². The Bertz CT molecular complexity index is 1760. The van der Waals surface area contributed by atoms with Crippen LogP contribution in [-0.4, -0.2) is 54.3 Å². The first-order valence-electron chi connectivity index (χ1n) is 13.3. The summed E-state index contributed by atoms with van der Waals surface area (Å²) in [5.41, 5.74) is 0.380. The van der Waals surface area contributed by atoms with Crippen molar-refractivity contribution in [2.24, 2.45) is 0 Å². The van der Waals surface area contributed by atoms with E-state index in [1.54, 1.807) is 24.4 Å². The van der Waals surface area contributed by atoms with Gasteiger partial charge in [0.2, 0.25) is 0 Å². The highest BCUT2D eigenvalue weighted by atomic mass is 32.2. The van der Waals surface area contributed by atoms with Crippen LogP contribution in [0.25, 0.3) is 11.0 Å². The summed E-state index contributed by atoms with van der Waals surface area (Å²) in [6.45, 7) is 1.10. The maximum atomic E-state index is 13.2. The fraction of sp³-hybridized carbons (Fsp3) is 0.286. The second-order valence-electron chi connectivity index (χ2n) is 10.1. The number of anilines is 1. The van der Waals surface area contributed by atoms with Crippen LogP contribution in [0.4, 0.5) is 11.4 Å². The van der Waals surface area contributed by atoms with E-state index in [0.29, 0.717) is 50.3 Å². The minimum absolute atomic E-state index is 0.0479. The Labute approximate surface area is 240 Å². The molecule has 1 saturated heterocycles. The van der Waals surface area contributed by atoms with Crippen molar-refractivity contribution in [3.8, 4) is 11.5 Å². The molecule has 1 saturated carbocycles. The van der Waals surface area contributed by atoms with Gasteiger partial charge < -0.3 is 24.5 Å². The van der Waals surface area contributed by atoms with Crippen molar-refractivity contribution >= 4 is 38.3 Å². The van der Waals surface area contributed by atoms with E-state index in [1.807, 2.05) is 10.8 Å². The molecule has 2 fully saturated rings. The van der Waals surface area contributed by atoms with Gasteiger partial charge in [0.1, 0.15) is 22.8 Å². The minimum atomic E-state index is -4.48. The number of pyridine rings is 1. The molecule has 3 N–H and O–H groups in total. The molecule has 2 aromatic carbocycles. The number of nitro groups is 1. The lowest BCUT2D eigenvalue weighted by molar-refractivity contribution is -0.384. The first-order chi connectivity index (χ1) is 20.2. The maximum Gasteiger partial charge on any atom is 0.293 e. The third-order valence-electron chi connectivity index (χ3n) is 7.36. The average molecular weight is 594 g/mol. The van der Waals surface area contributed by atoms with Crippen LogP contribution < -0.4 is 14.8 Å². The molecule has 1 spiro atoms. The van der Waals surface area contributed by atoms with Crippen molar-refractivity contribution in [3.63, 3.8) is 0 Å². The lowest BCUT2D eigenvalue weighted by Crippen LogP contribution is -2.39. The summed E-state index contributed by atoms with van der Waals surface area (Å²) < 4.78 is 45.7. The average Bonchev–Trinajstić information content (AvgIpc) is 3.64. The van der Waals surface area contributed by atoms with E-state index in [4.69, 9.17) is 14.2 Å². The number of aromatic nitrogens is 2. The number of para-hydroxylation sites is 1. The highest BCUT2D eigenvalue weighted by Gasteiger charge is 2.40. The van der Waals surface area contributed by atoms with Crippen LogP contribution in [-0.2, 0) is 19.5 Å². The van der Waals surface area contributed by atoms with E-state index >= 15 is 0 Å². The molecule has 0 bridgehead atoms. The van der Waals surface area contributed by atoms with Gasteiger partial charge in [-0.2, -0.15) is 0 Å². The lowest BCUT2D eigenvalue weighted by Gasteiger charge is -2.35. The van der Waals surface area contributed by atoms with Crippen LogP contribution in [0.2, 0.25) is 0 Å². The molecule has 1 amide bonds. The molecule has 6 rings (SSSR count). The number of fused-ring (bicyclic) bond motifs is 1. The van der Waals surface area contributed by atoms with Gasteiger partial charge in [-0.3, -0.25) is 14.9 Å². The molecule has 2 aliphatic rings. The lowest BCUT2D eigenvalue weighted by atomic mass is 9.90. The summed E-state index contributed by atoms with van der Waals surface area (Å²) >= 11 is 0. The summed E-state index contributed by atoms with van der Waals surface area (Å²) in [6.07, 6.45) is 5.85. The number of hydrogen-bond donors (Lipinski definition) is 3. The summed E-state index contributed by atoms with van der Waals surface area (Å²) in [6, 6.07) is 13.1. The van der Waals surface area contributed by atoms with Crippen LogP contribution in [0.15, 0.2) is 71.9 Å². The number of nitro benzene ring substituents is 1. The number of rotatable bonds is 8. The number of aromatic amines is 1. The summed E-state index contributed by atoms with van der Waals surface area (Å²) in [5.74, 6) is -1.08. The Kier molecular flexibility index (Phi) is 7.26. The number of nitrogens with zero attached hydrogens (tertiary/aromatic N) is 2. The number of amides is 1. The number of sulfonamides is 1. The molecule has 4 aromatic rings. The second kappa shape index (κ2) is 11.0. The van der Waals surface area contributed by atoms with E-state index in [0.717, 1.165) is 11.5 Å². The van der Waals surface area contributed by atoms with Gasteiger partial charge in [-0.15, -0.1) is 0 Å². The van der Waals surface area contributed by atoms with Crippen molar-refractivity contribution in [2.75, 3.05) is 18.5 Å². The largest absolute Gasteiger partial charge is 0.455 e. The molecule has 1 aliphatic heterocycles. The maximum absolute atomic E-state index is 13.2. The number of carbonyl (C=O) groups excluding carboxylic acids is 1. The number of hydrogen-bond acceptors (Lipinski definition) is 10. The van der Waals surface area contributed by atoms with Gasteiger partial charge >= 0.3 is 0 Å². The molecule has 3 heterocycles. The number of H-pyrrole nitrogens is 1. The molecular formula is C28H27N5O8S. The smallest absolute Gasteiger partial charge is 0.293 e. The van der Waals surface area contributed by atoms with Crippen molar-refractivity contribution in [1.82, 2.24) is 14.7 Å². The van der Waals surface area contributed by atoms with Crippen LogP contribution in [0.5, 0.6) is 11.5 Å². The minimum Gasteiger partial charge on any atom is -0.455 e. The van der Waals surface area contributed by atoms with Crippen LogP contribution in [0.1, 0.15) is 36.0 Å². The molecule has 2 aromatic heterocycles. The zero-order valence-electron chi connectivity index (χ0n) is 22.2. The number of ether oxygens (including phenoxy) is 3. The summed E-state index contributed by atoms with van der Waals surface area (Å²) in [7, 11) is -4.48. The molecule has 0 radical (unpaired) electrons. The van der Waals surface area contributed by atoms with Crippen molar-refractivity contribution < 1.29 is 32.3 Å². The zero-order chi connectivity index (χ0) is 29.3. The van der Waals surface area contributed by atoms with Gasteiger partial charge in [0.15, 0.2) is 5.79 Å². The zero-order valence-corrected chi connectivity index (χ0v) is 23.1. The van der Waals surface area contributed by atoms with E-state index in [-0.39, 0.29) is 23.0 Å². The van der Waals surface area contributed by atoms with E-state index < -0.39 is 37.2 Å². The van der Waals surface area contributed by atoms with Gasteiger partial charge in [0, 0.05) is 36.5 Å². The fourth-order valence-electron chi connectivity index (χ4n) is 5.24. The third-order valence-corrected chi connectivity index (χ3v) is 8.69. The quantitative estimate of drug-likeness (QED) is 0.195. The molecule has 1 aliphatic carbocycles. The Morgan fingerprint density at radius 3 is 2.62 bits per heavy atom. The van der Waals surface area contributed by atoms with E-state index in [1.165, 1.54) is 30.5 Å². The van der Waals surface area contributed by atoms with E-state index in [9.17, 15) is 23.3 Å². The van der Waals surface area contributed by atoms with E-state index in [2.05, 4.69) is 15.3 Å². The Morgan fingerprint density at radius 1 is 1.10 bits per heavy atom. The molecular weight excluding hydrogens is 566 g/mol. The number of carbonyl (C=O) groups is 1. The van der Waals surface area contributed by atoms with Crippen molar-refractivity contribution in [2.45, 2.75) is 42.4 Å². The second-order valence-corrected chi connectivity index (χ2v) is 11.8. The first-order valence-corrected chi connectivity index (χ1v) is 14.8. The first kappa shape index (κ1) is 27.6. The SMILES string of the molecule is O=C(NS(=O)(=O)c1ccc(NC2CCC3(CC2)OCCO3)c([N+](=O)[O-])c1)c1ccccc1Oc1cnc2[nH]ccc2c1. The number of benzene rings is 2. The van der Waals surface area contributed by atoms with Crippen LogP contribution >= 0.6 is 0 Å². The van der Waals surface area contributed by atoms with Crippen LogP contribution in [0.3, 0.4) is 0 Å². The molecule has 14 heteroatoms. The van der Waals surface area contributed by atoms with Gasteiger partial charge in [-0.1, -0.05) is 12.1 Å². The predicted octanol–water partition coefficient (Wildman–Crippen LogP) is 4.48. The highest BCUT2D eigenvalue weighted by Crippen LogP contribution is 2.38. The normalized spacial score (nSPS) is 16.9. The third kappa shape index (κ3) is 5.64. The Morgan fingerprint density at radius 2 is 1.86 bits per heavy atom. The van der Waals surface area contributed by atoms with Gasteiger partial charge in [-0.25, -0.2) is 18.1 Å². The summed E-state index contributed by atoms with van der Waals surface area (Å²) in [5, 5.41) is 15.8. The number of nitrogens with one attached hydrogen (secondary N) is 3. The standard InChI is InChI=1S/C28H27N5O8S/c34-27(22-3-1-2-4-25(22)41-20-15-18-9-12-29-26(18)30-17-20)32-42(37,38)21-5-6-23(24(16-21)33(35)36)31-19-7-10-28(11-8-19)39-13-14-40-28/h1-6,9,12,15-17,19,31H,7-8,10-11,13-14H2,(H,29,30)(H,32,34). The monoisotopic (exact) mass is 593 g/mol. The summed E-state index contributed by atoms with van der Waals surface area (Å²) in [4.78, 5) is 31.1. The Hall–Kier alpha value is -4.53. The predicted molar refractivity (Wildman–Crippen MR) is 151 cm³/mol. The van der Waals surface area contributed by atoms with Gasteiger partial charge in [0.25, 0.3) is 21.6 Å². The molecule has 13 nitrogen and oxygen atoms in total. The van der Waals surface area contributed by atoms with Gasteiger partial charge in [0.05, 0.1) is 34.8 Å². The van der Waals surface area contributed by atoms with Crippen molar-refractivity contribution in [3.05, 3.63) is 82.7 Å². The van der Waals surface area contributed by atoms with Crippen molar-refractivity contribution in [1.29, 1.82) is 0 Å². The Balaban J connectivity index is 1.17. The molecule has 0 unspecified atom stereocenters. The van der Waals surface area contributed by atoms with Crippen LogP contribution in [0, 0.1) is 10.1 Å². The van der Waals surface area contributed by atoms with Gasteiger partial charge in [-0.05, 0) is 49.2 Å². The highest BCUT2D eigenvalue weighted by molar-refractivity contribution is 7.90.